The van der Waals surface area contributed by atoms with Gasteiger partial charge in [0.15, 0.2) is 17.7 Å². The minimum Gasteiger partial charge on any atom is -0.439 e. The Kier molecular flexibility index (Phi) is 6.04. The molecular weight excluding hydrogens is 354 g/mol. The molecule has 0 radical (unpaired) electrons. The molecule has 1 aliphatic heterocycles. The summed E-state index contributed by atoms with van der Waals surface area (Å²) < 4.78 is 5.71. The van der Waals surface area contributed by atoms with Crippen molar-refractivity contribution in [3.8, 4) is 0 Å². The quantitative estimate of drug-likeness (QED) is 0.670. The van der Waals surface area contributed by atoms with Gasteiger partial charge in [0.1, 0.15) is 12.1 Å². The maximum Gasteiger partial charge on any atom is 0.411 e. The topological polar surface area (TPSA) is 63.7 Å². The highest BCUT2D eigenvalue weighted by molar-refractivity contribution is 5.96. The molecule has 1 heterocycles. The molecule has 0 N–H and O–H groups in total. The molecule has 0 aliphatic carbocycles. The van der Waals surface area contributed by atoms with Crippen LogP contribution in [0.2, 0.25) is 0 Å². The molecule has 3 atom stereocenters. The molecule has 2 aromatic rings. The van der Waals surface area contributed by atoms with E-state index in [1.54, 1.807) is 13.0 Å². The average molecular weight is 377 g/mol. The average Bonchev–Trinajstić information content (AvgIpc) is 3.04. The Hall–Kier alpha value is -3.21. The van der Waals surface area contributed by atoms with Gasteiger partial charge < -0.3 is 4.74 Å². The van der Waals surface area contributed by atoms with Crippen molar-refractivity contribution in [2.75, 3.05) is 0 Å². The summed E-state index contributed by atoms with van der Waals surface area (Å²) in [5.74, 6) is -0.449. The molecule has 1 aliphatic rings. The van der Waals surface area contributed by atoms with E-state index in [2.05, 4.69) is 0 Å². The fraction of sp³-hybridized carbons (Fsp3) is 0.261. The van der Waals surface area contributed by atoms with Crippen molar-refractivity contribution in [2.45, 2.75) is 38.5 Å². The highest BCUT2D eigenvalue weighted by atomic mass is 16.6. The van der Waals surface area contributed by atoms with Crippen molar-refractivity contribution in [2.24, 2.45) is 0 Å². The summed E-state index contributed by atoms with van der Waals surface area (Å²) in [6.45, 7) is 3.14. The number of hydrogen-bond acceptors (Lipinski definition) is 4. The molecule has 0 bridgehead atoms. The minimum absolute atomic E-state index is 0.0698. The predicted molar refractivity (Wildman–Crippen MR) is 106 cm³/mol. The number of hydrogen-bond donors (Lipinski definition) is 0. The number of nitrogens with zero attached hydrogens (tertiary/aromatic N) is 1. The zero-order valence-electron chi connectivity index (χ0n) is 15.9. The fourth-order valence-electron chi connectivity index (χ4n) is 3.58. The van der Waals surface area contributed by atoms with Gasteiger partial charge in [-0.25, -0.2) is 4.79 Å². The summed E-state index contributed by atoms with van der Waals surface area (Å²) in [5.41, 5.74) is 1.70. The second-order valence-electron chi connectivity index (χ2n) is 6.77. The third kappa shape index (κ3) is 4.03. The number of Topliss-reactive ketones (excluding diaryl/α,β-unsaturated/α-hetero) is 1. The van der Waals surface area contributed by atoms with Crippen molar-refractivity contribution in [3.63, 3.8) is 0 Å². The number of cyclic esters (lactones) is 1. The molecule has 3 rings (SSSR count). The number of rotatable bonds is 7. The largest absolute Gasteiger partial charge is 0.439 e. The fourth-order valence-corrected chi connectivity index (χ4v) is 3.58. The Morgan fingerprint density at radius 3 is 2.14 bits per heavy atom. The van der Waals surface area contributed by atoms with Crippen molar-refractivity contribution in [1.29, 1.82) is 0 Å². The standard InChI is InChI=1S/C23H23NO4/c1-3-10-19(26)15-20(16(2)25)24-21(17-11-6-4-7-12-17)22(28-23(24)27)18-13-8-5-9-14-18/h3-14,20-22H,15H2,1-2H3/b10-3+/t20-,21-,22+/m0/s1. The molecule has 0 aromatic heterocycles. The summed E-state index contributed by atoms with van der Waals surface area (Å²) in [6, 6.07) is 17.5. The van der Waals surface area contributed by atoms with Gasteiger partial charge in [0.2, 0.25) is 0 Å². The van der Waals surface area contributed by atoms with Crippen LogP contribution < -0.4 is 0 Å². The highest BCUT2D eigenvalue weighted by Gasteiger charge is 2.48. The number of ether oxygens (including phenoxy) is 1. The molecule has 0 saturated carbocycles. The summed E-state index contributed by atoms with van der Waals surface area (Å²) in [7, 11) is 0. The van der Waals surface area contributed by atoms with E-state index in [9.17, 15) is 14.4 Å². The monoisotopic (exact) mass is 377 g/mol. The Morgan fingerprint density at radius 2 is 1.61 bits per heavy atom. The van der Waals surface area contributed by atoms with Crippen LogP contribution in [0.3, 0.4) is 0 Å². The van der Waals surface area contributed by atoms with Crippen LogP contribution in [0.4, 0.5) is 4.79 Å². The number of carbonyl (C=O) groups is 3. The third-order valence-corrected chi connectivity index (χ3v) is 4.85. The second kappa shape index (κ2) is 8.65. The predicted octanol–water partition coefficient (Wildman–Crippen LogP) is 4.41. The van der Waals surface area contributed by atoms with Crippen LogP contribution in [0, 0.1) is 0 Å². The summed E-state index contributed by atoms with van der Waals surface area (Å²) in [4.78, 5) is 38.9. The Labute approximate surface area is 164 Å². The molecule has 1 saturated heterocycles. The first-order valence-corrected chi connectivity index (χ1v) is 9.27. The van der Waals surface area contributed by atoms with E-state index in [1.807, 2.05) is 60.7 Å². The van der Waals surface area contributed by atoms with E-state index < -0.39 is 24.3 Å². The number of amides is 1. The van der Waals surface area contributed by atoms with Crippen LogP contribution in [0.15, 0.2) is 72.8 Å². The van der Waals surface area contributed by atoms with E-state index in [0.717, 1.165) is 11.1 Å². The smallest absolute Gasteiger partial charge is 0.411 e. The van der Waals surface area contributed by atoms with Crippen LogP contribution in [-0.4, -0.2) is 28.6 Å². The van der Waals surface area contributed by atoms with Crippen molar-refractivity contribution in [1.82, 2.24) is 4.90 Å². The highest BCUT2D eigenvalue weighted by Crippen LogP contribution is 2.44. The van der Waals surface area contributed by atoms with E-state index in [0.29, 0.717) is 0 Å². The summed E-state index contributed by atoms with van der Waals surface area (Å²) in [5, 5.41) is 0. The Balaban J connectivity index is 2.05. The Bertz CT molecular complexity index is 876. The minimum atomic E-state index is -0.880. The molecular formula is C23H23NO4. The van der Waals surface area contributed by atoms with Gasteiger partial charge in [0.05, 0.1) is 0 Å². The Morgan fingerprint density at radius 1 is 1.04 bits per heavy atom. The molecule has 1 amide bonds. The zero-order chi connectivity index (χ0) is 20.1. The maximum absolute atomic E-state index is 12.8. The molecule has 28 heavy (non-hydrogen) atoms. The van der Waals surface area contributed by atoms with Crippen LogP contribution in [0.5, 0.6) is 0 Å². The number of benzene rings is 2. The maximum atomic E-state index is 12.8. The zero-order valence-corrected chi connectivity index (χ0v) is 15.9. The van der Waals surface area contributed by atoms with Gasteiger partial charge >= 0.3 is 6.09 Å². The third-order valence-electron chi connectivity index (χ3n) is 4.85. The van der Waals surface area contributed by atoms with Crippen molar-refractivity contribution >= 4 is 17.7 Å². The SMILES string of the molecule is C/C=C/C(=O)C[C@@H](C(C)=O)N1C(=O)O[C@H](c2ccccc2)[C@@H]1c1ccccc1. The van der Waals surface area contributed by atoms with Gasteiger partial charge in [0, 0.05) is 6.42 Å². The molecule has 5 nitrogen and oxygen atoms in total. The lowest BCUT2D eigenvalue weighted by molar-refractivity contribution is -0.125. The summed E-state index contributed by atoms with van der Waals surface area (Å²) in [6.07, 6.45) is 1.83. The first-order valence-electron chi connectivity index (χ1n) is 9.27. The molecule has 2 aromatic carbocycles. The van der Waals surface area contributed by atoms with Crippen LogP contribution >= 0.6 is 0 Å². The van der Waals surface area contributed by atoms with Gasteiger partial charge in [-0.15, -0.1) is 0 Å². The molecule has 0 unspecified atom stereocenters. The van der Waals surface area contributed by atoms with Gasteiger partial charge in [-0.3, -0.25) is 14.5 Å². The van der Waals surface area contributed by atoms with E-state index in [1.165, 1.54) is 17.9 Å². The number of carbonyl (C=O) groups excluding carboxylic acids is 3. The molecule has 144 valence electrons. The van der Waals surface area contributed by atoms with Crippen molar-refractivity contribution < 1.29 is 19.1 Å². The molecule has 0 spiro atoms. The van der Waals surface area contributed by atoms with Crippen LogP contribution in [-0.2, 0) is 14.3 Å². The van der Waals surface area contributed by atoms with Gasteiger partial charge in [-0.1, -0.05) is 66.7 Å². The molecule has 5 heteroatoms. The van der Waals surface area contributed by atoms with Gasteiger partial charge in [0.25, 0.3) is 0 Å². The van der Waals surface area contributed by atoms with E-state index >= 15 is 0 Å². The van der Waals surface area contributed by atoms with Crippen LogP contribution in [0.1, 0.15) is 43.5 Å². The van der Waals surface area contributed by atoms with Crippen molar-refractivity contribution in [3.05, 3.63) is 83.9 Å². The summed E-state index contributed by atoms with van der Waals surface area (Å²) >= 11 is 0. The van der Waals surface area contributed by atoms with E-state index in [4.69, 9.17) is 4.74 Å². The second-order valence-corrected chi connectivity index (χ2v) is 6.77. The van der Waals surface area contributed by atoms with Crippen LogP contribution in [0.25, 0.3) is 0 Å². The van der Waals surface area contributed by atoms with Gasteiger partial charge in [-0.05, 0) is 31.1 Å². The van der Waals surface area contributed by atoms with Gasteiger partial charge in [-0.2, -0.15) is 0 Å². The lowest BCUT2D eigenvalue weighted by Crippen LogP contribution is -2.43. The first kappa shape index (κ1) is 19.5. The first-order chi connectivity index (χ1) is 13.5. The normalized spacial score (nSPS) is 20.2. The van der Waals surface area contributed by atoms with E-state index in [-0.39, 0.29) is 18.0 Å². The number of ketones is 2. The lowest BCUT2D eigenvalue weighted by atomic mass is 9.93. The molecule has 1 fully saturated rings. The number of allylic oxidation sites excluding steroid dienone is 2. The lowest BCUT2D eigenvalue weighted by Gasteiger charge is -2.30.